The molecule has 0 saturated heterocycles. The minimum Gasteiger partial charge on any atom is -0.356 e. The Morgan fingerprint density at radius 3 is 2.35 bits per heavy atom. The van der Waals surface area contributed by atoms with Crippen LogP contribution in [0.3, 0.4) is 0 Å². The zero-order valence-electron chi connectivity index (χ0n) is 20.3. The largest absolute Gasteiger partial charge is 0.356 e. The Kier molecular flexibility index (Phi) is 3.93. The zero-order valence-corrected chi connectivity index (χ0v) is 20.3. The summed E-state index contributed by atoms with van der Waals surface area (Å²) in [4.78, 5) is 2.64. The van der Waals surface area contributed by atoms with Crippen LogP contribution in [0.4, 0.5) is 5.69 Å². The molecule has 1 aliphatic carbocycles. The van der Waals surface area contributed by atoms with Gasteiger partial charge < -0.3 is 4.90 Å². The van der Waals surface area contributed by atoms with E-state index in [1.54, 1.807) is 0 Å². The molecule has 0 bridgehead atoms. The second-order valence-electron chi connectivity index (χ2n) is 10.8. The van der Waals surface area contributed by atoms with Crippen LogP contribution in [0.1, 0.15) is 64.4 Å². The Balaban J connectivity index is 1.52. The van der Waals surface area contributed by atoms with Crippen molar-refractivity contribution in [1.29, 1.82) is 0 Å². The molecule has 34 heavy (non-hydrogen) atoms. The molecule has 3 aliphatic rings. The third kappa shape index (κ3) is 2.56. The van der Waals surface area contributed by atoms with Gasteiger partial charge in [-0.2, -0.15) is 0 Å². The van der Waals surface area contributed by atoms with Gasteiger partial charge in [-0.3, -0.25) is 0 Å². The third-order valence-corrected chi connectivity index (χ3v) is 8.34. The number of hydrogen-bond donors (Lipinski definition) is 0. The minimum absolute atomic E-state index is 0.00358. The molecule has 1 atom stereocenters. The number of anilines is 1. The first-order valence-corrected chi connectivity index (χ1v) is 12.4. The number of nitrogens with zero attached hydrogens (tertiary/aromatic N) is 1. The average molecular weight is 440 g/mol. The van der Waals surface area contributed by atoms with Gasteiger partial charge in [0, 0.05) is 23.2 Å². The molecule has 1 nitrogen and oxygen atoms in total. The molecule has 7 rings (SSSR count). The molecule has 2 aliphatic heterocycles. The van der Waals surface area contributed by atoms with E-state index in [2.05, 4.69) is 118 Å². The van der Waals surface area contributed by atoms with Crippen molar-refractivity contribution in [1.82, 2.24) is 0 Å². The van der Waals surface area contributed by atoms with Gasteiger partial charge in [0.25, 0.3) is 0 Å². The Hall–Kier alpha value is -3.58. The highest BCUT2D eigenvalue weighted by molar-refractivity contribution is 5.95. The maximum absolute atomic E-state index is 2.64. The Bertz CT molecular complexity index is 1520. The average Bonchev–Trinajstić information content (AvgIpc) is 3.32. The lowest BCUT2D eigenvalue weighted by Crippen LogP contribution is -2.26. The quantitative estimate of drug-likeness (QED) is 0.289. The van der Waals surface area contributed by atoms with E-state index in [0.717, 1.165) is 6.54 Å². The predicted octanol–water partition coefficient (Wildman–Crippen LogP) is 8.12. The maximum atomic E-state index is 2.64. The highest BCUT2D eigenvalue weighted by Crippen LogP contribution is 2.55. The fourth-order valence-electron chi connectivity index (χ4n) is 6.67. The van der Waals surface area contributed by atoms with Crippen molar-refractivity contribution in [3.8, 4) is 11.1 Å². The molecule has 0 aromatic heterocycles. The van der Waals surface area contributed by atoms with Gasteiger partial charge in [-0.15, -0.1) is 0 Å². The molecule has 1 heteroatoms. The smallest absolute Gasteiger partial charge is 0.0743 e. The lowest BCUT2D eigenvalue weighted by molar-refractivity contribution is 0.658. The molecule has 0 saturated carbocycles. The first-order valence-electron chi connectivity index (χ1n) is 12.4. The molecule has 0 N–H and O–H groups in total. The number of aryl methyl sites for hydroxylation is 2. The number of rotatable bonds is 1. The third-order valence-electron chi connectivity index (χ3n) is 8.34. The van der Waals surface area contributed by atoms with Crippen LogP contribution < -0.4 is 4.90 Å². The summed E-state index contributed by atoms with van der Waals surface area (Å²) < 4.78 is 0. The van der Waals surface area contributed by atoms with Crippen molar-refractivity contribution in [3.63, 3.8) is 0 Å². The molecule has 0 spiro atoms. The van der Waals surface area contributed by atoms with E-state index >= 15 is 0 Å². The molecule has 0 fully saturated rings. The molecule has 4 aromatic rings. The molecule has 4 aromatic carbocycles. The lowest BCUT2D eigenvalue weighted by atomic mass is 9.80. The van der Waals surface area contributed by atoms with Gasteiger partial charge in [0.05, 0.1) is 6.04 Å². The van der Waals surface area contributed by atoms with E-state index in [-0.39, 0.29) is 11.5 Å². The second-order valence-corrected chi connectivity index (χ2v) is 10.8. The van der Waals surface area contributed by atoms with E-state index in [1.165, 1.54) is 66.9 Å². The Labute approximate surface area is 202 Å². The predicted molar refractivity (Wildman–Crippen MR) is 142 cm³/mol. The van der Waals surface area contributed by atoms with Crippen LogP contribution in [0, 0.1) is 13.8 Å². The number of fused-ring (bicyclic) bond motifs is 8. The maximum Gasteiger partial charge on any atom is 0.0743 e. The van der Waals surface area contributed by atoms with Gasteiger partial charge in [-0.1, -0.05) is 86.1 Å². The van der Waals surface area contributed by atoms with Gasteiger partial charge in [-0.25, -0.2) is 0 Å². The van der Waals surface area contributed by atoms with E-state index < -0.39 is 0 Å². The van der Waals surface area contributed by atoms with Gasteiger partial charge in [0.2, 0.25) is 0 Å². The molecular weight excluding hydrogens is 410 g/mol. The van der Waals surface area contributed by atoms with E-state index in [4.69, 9.17) is 0 Å². The summed E-state index contributed by atoms with van der Waals surface area (Å²) in [6, 6.07) is 29.9. The van der Waals surface area contributed by atoms with Crippen molar-refractivity contribution in [2.24, 2.45) is 0 Å². The summed E-state index contributed by atoms with van der Waals surface area (Å²) in [5, 5.41) is 0. The van der Waals surface area contributed by atoms with Gasteiger partial charge in [0.15, 0.2) is 0 Å². The molecule has 0 amide bonds. The number of hydrogen-bond acceptors (Lipinski definition) is 1. The summed E-state index contributed by atoms with van der Waals surface area (Å²) in [5.41, 5.74) is 16.8. The Morgan fingerprint density at radius 2 is 1.53 bits per heavy atom. The molecule has 166 valence electrons. The summed E-state index contributed by atoms with van der Waals surface area (Å²) in [7, 11) is 0. The van der Waals surface area contributed by atoms with Crippen molar-refractivity contribution in [2.75, 3.05) is 4.90 Å². The molecule has 1 unspecified atom stereocenters. The van der Waals surface area contributed by atoms with Crippen molar-refractivity contribution in [2.45, 2.75) is 45.7 Å². The summed E-state index contributed by atoms with van der Waals surface area (Å²) in [6.07, 6.45) is 2.51. The number of benzene rings is 4. The van der Waals surface area contributed by atoms with Crippen LogP contribution in [0.2, 0.25) is 0 Å². The summed E-state index contributed by atoms with van der Waals surface area (Å²) in [6.45, 7) is 10.2. The normalized spacial score (nSPS) is 18.5. The first-order chi connectivity index (χ1) is 16.4. The van der Waals surface area contributed by atoms with Crippen LogP contribution in [0.25, 0.3) is 16.7 Å². The van der Waals surface area contributed by atoms with Crippen LogP contribution >= 0.6 is 0 Å². The van der Waals surface area contributed by atoms with Gasteiger partial charge in [-0.05, 0) is 82.1 Å². The molecule has 2 heterocycles. The van der Waals surface area contributed by atoms with E-state index in [9.17, 15) is 0 Å². The fraction of sp³-hybridized carbons (Fsp3) is 0.212. The topological polar surface area (TPSA) is 3.24 Å². The van der Waals surface area contributed by atoms with Crippen LogP contribution in [0.5, 0.6) is 0 Å². The summed E-state index contributed by atoms with van der Waals surface area (Å²) >= 11 is 0. The zero-order chi connectivity index (χ0) is 23.2. The van der Waals surface area contributed by atoms with Gasteiger partial charge in [0.1, 0.15) is 0 Å². The van der Waals surface area contributed by atoms with Crippen molar-refractivity contribution < 1.29 is 0 Å². The first kappa shape index (κ1) is 19.9. The van der Waals surface area contributed by atoms with E-state index in [1.807, 2.05) is 0 Å². The SMILES string of the molecule is Cc1cc(C)c2c(c1)C1C=C(c3ccccc3)c3cc4c(cc3N1C2)C(C)(C)c1ccccc1-4. The Morgan fingerprint density at radius 1 is 0.765 bits per heavy atom. The standard InChI is InChI=1S/C33H29N/c1-20-14-21(2)28-19-34-31(26(28)15-20)17-24(22-10-6-5-7-11-22)27-16-25-23-12-8-9-13-29(23)33(3,4)30(25)18-32(27)34/h5-18,31H,19H2,1-4H3. The van der Waals surface area contributed by atoms with Crippen LogP contribution in [-0.2, 0) is 12.0 Å². The lowest BCUT2D eigenvalue weighted by Gasteiger charge is -2.35. The van der Waals surface area contributed by atoms with Gasteiger partial charge >= 0.3 is 0 Å². The van der Waals surface area contributed by atoms with Crippen molar-refractivity contribution in [3.05, 3.63) is 129 Å². The monoisotopic (exact) mass is 439 g/mol. The van der Waals surface area contributed by atoms with E-state index in [0.29, 0.717) is 0 Å². The minimum atomic E-state index is 0.00358. The highest BCUT2D eigenvalue weighted by atomic mass is 15.2. The van der Waals surface area contributed by atoms with Crippen LogP contribution in [0.15, 0.2) is 84.9 Å². The van der Waals surface area contributed by atoms with Crippen molar-refractivity contribution >= 4 is 11.3 Å². The fourth-order valence-corrected chi connectivity index (χ4v) is 6.67. The summed E-state index contributed by atoms with van der Waals surface area (Å²) in [5.74, 6) is 0. The highest BCUT2D eigenvalue weighted by Gasteiger charge is 2.40. The molecule has 0 radical (unpaired) electrons. The van der Waals surface area contributed by atoms with Crippen LogP contribution in [-0.4, -0.2) is 0 Å². The molecular formula is C33H29N. The second kappa shape index (κ2) is 6.73.